The summed E-state index contributed by atoms with van der Waals surface area (Å²) in [5.41, 5.74) is 0.273. The van der Waals surface area contributed by atoms with E-state index in [0.29, 0.717) is 11.0 Å². The Bertz CT molecular complexity index is 718. The molecule has 184 valence electrons. The van der Waals surface area contributed by atoms with Gasteiger partial charge in [-0.3, -0.25) is 4.79 Å². The maximum atomic E-state index is 13.3. The van der Waals surface area contributed by atoms with Crippen LogP contribution in [0.3, 0.4) is 0 Å². The zero-order chi connectivity index (χ0) is 22.9. The summed E-state index contributed by atoms with van der Waals surface area (Å²) >= 11 is 2.00. The molecule has 3 aliphatic rings. The van der Waals surface area contributed by atoms with Gasteiger partial charge in [0, 0.05) is 29.9 Å². The summed E-state index contributed by atoms with van der Waals surface area (Å²) < 4.78 is 18.9. The Morgan fingerprint density at radius 2 is 1.70 bits per heavy atom. The molecule has 33 heavy (non-hydrogen) atoms. The number of nitrogens with zero attached hydrogens (tertiary/aromatic N) is 1. The largest absolute Gasteiger partial charge is 0.484 e. The highest BCUT2D eigenvalue weighted by Crippen LogP contribution is 2.34. The zero-order valence-corrected chi connectivity index (χ0v) is 20.9. The number of thioether (sulfide) groups is 1. The SMILES string of the molecule is O=C(COc1ccc(F)cc1)N(CC1CCCS1)C1CCC2(CCCCCCCCC2)NC1. The smallest absolute Gasteiger partial charge is 0.260 e. The molecule has 1 amide bonds. The van der Waals surface area contributed by atoms with E-state index < -0.39 is 0 Å². The molecule has 4 rings (SSSR count). The van der Waals surface area contributed by atoms with Gasteiger partial charge in [0.15, 0.2) is 6.61 Å². The number of amides is 1. The van der Waals surface area contributed by atoms with Crippen LogP contribution in [-0.4, -0.2) is 53.1 Å². The van der Waals surface area contributed by atoms with Gasteiger partial charge in [-0.2, -0.15) is 11.8 Å². The average Bonchev–Trinajstić information content (AvgIpc) is 3.35. The number of carbonyl (C=O) groups is 1. The highest BCUT2D eigenvalue weighted by molar-refractivity contribution is 8.00. The van der Waals surface area contributed by atoms with Crippen molar-refractivity contribution >= 4 is 17.7 Å². The maximum Gasteiger partial charge on any atom is 0.260 e. The van der Waals surface area contributed by atoms with Crippen LogP contribution in [0.15, 0.2) is 24.3 Å². The summed E-state index contributed by atoms with van der Waals surface area (Å²) in [5.74, 6) is 1.50. The van der Waals surface area contributed by atoms with Crippen LogP contribution in [-0.2, 0) is 4.79 Å². The van der Waals surface area contributed by atoms with E-state index in [1.165, 1.54) is 88.5 Å². The molecule has 2 atom stereocenters. The van der Waals surface area contributed by atoms with E-state index in [9.17, 15) is 9.18 Å². The van der Waals surface area contributed by atoms with E-state index in [4.69, 9.17) is 4.74 Å². The van der Waals surface area contributed by atoms with E-state index >= 15 is 0 Å². The molecular formula is C27H41FN2O2S. The van der Waals surface area contributed by atoms with Crippen LogP contribution in [0.2, 0.25) is 0 Å². The van der Waals surface area contributed by atoms with Crippen molar-refractivity contribution in [1.29, 1.82) is 0 Å². The van der Waals surface area contributed by atoms with Crippen LogP contribution in [0.4, 0.5) is 4.39 Å². The van der Waals surface area contributed by atoms with Crippen molar-refractivity contribution in [2.45, 2.75) is 100 Å². The molecule has 1 aliphatic carbocycles. The van der Waals surface area contributed by atoms with Gasteiger partial charge in [0.1, 0.15) is 11.6 Å². The molecule has 1 aromatic carbocycles. The molecule has 0 bridgehead atoms. The first-order valence-corrected chi connectivity index (χ1v) is 14.2. The Morgan fingerprint density at radius 3 is 2.30 bits per heavy atom. The van der Waals surface area contributed by atoms with E-state index in [0.717, 1.165) is 25.9 Å². The summed E-state index contributed by atoms with van der Waals surface area (Å²) in [6, 6.07) is 6.15. The van der Waals surface area contributed by atoms with E-state index in [1.54, 1.807) is 12.1 Å². The molecule has 2 saturated heterocycles. The Hall–Kier alpha value is -1.27. The van der Waals surface area contributed by atoms with Crippen molar-refractivity contribution in [2.24, 2.45) is 0 Å². The number of nitrogens with one attached hydrogen (secondary N) is 1. The van der Waals surface area contributed by atoms with Gasteiger partial charge in [0.05, 0.1) is 0 Å². The van der Waals surface area contributed by atoms with Crippen molar-refractivity contribution in [1.82, 2.24) is 10.2 Å². The van der Waals surface area contributed by atoms with E-state index in [2.05, 4.69) is 10.2 Å². The van der Waals surface area contributed by atoms with Crippen LogP contribution in [0.1, 0.15) is 83.5 Å². The van der Waals surface area contributed by atoms with Crippen LogP contribution in [0.25, 0.3) is 0 Å². The Kier molecular flexibility index (Phi) is 9.36. The molecule has 1 aromatic rings. The van der Waals surface area contributed by atoms with Crippen molar-refractivity contribution in [2.75, 3.05) is 25.4 Å². The molecule has 1 saturated carbocycles. The number of hydrogen-bond donors (Lipinski definition) is 1. The lowest BCUT2D eigenvalue weighted by molar-refractivity contribution is -0.136. The van der Waals surface area contributed by atoms with Gasteiger partial charge < -0.3 is 15.0 Å². The van der Waals surface area contributed by atoms with Gasteiger partial charge in [-0.1, -0.05) is 44.9 Å². The lowest BCUT2D eigenvalue weighted by Crippen LogP contribution is -2.59. The van der Waals surface area contributed by atoms with Gasteiger partial charge in [0.2, 0.25) is 0 Å². The molecule has 4 nitrogen and oxygen atoms in total. The van der Waals surface area contributed by atoms with Gasteiger partial charge >= 0.3 is 0 Å². The first kappa shape index (κ1) is 24.8. The Balaban J connectivity index is 1.36. The maximum absolute atomic E-state index is 13.3. The predicted molar refractivity (Wildman–Crippen MR) is 134 cm³/mol. The third-order valence-corrected chi connectivity index (χ3v) is 9.22. The monoisotopic (exact) mass is 476 g/mol. The number of benzene rings is 1. The number of ether oxygens (including phenoxy) is 1. The highest BCUT2D eigenvalue weighted by Gasteiger charge is 2.38. The number of hydrogen-bond acceptors (Lipinski definition) is 4. The molecule has 0 radical (unpaired) electrons. The van der Waals surface area contributed by atoms with Crippen LogP contribution < -0.4 is 10.1 Å². The molecule has 2 aliphatic heterocycles. The lowest BCUT2D eigenvalue weighted by Gasteiger charge is -2.45. The minimum atomic E-state index is -0.295. The van der Waals surface area contributed by atoms with Crippen molar-refractivity contribution in [3.8, 4) is 5.75 Å². The summed E-state index contributed by atoms with van der Waals surface area (Å²) in [6.07, 6.45) is 16.8. The standard InChI is InChI=1S/C27H41FN2O2S/c28-22-10-12-24(13-11-22)32-21-26(31)30(20-25-9-8-18-33-25)23-14-17-27(29-19-23)15-6-4-2-1-3-5-7-16-27/h10-13,23,25,29H,1-9,14-21H2. The minimum absolute atomic E-state index is 0.0185. The summed E-state index contributed by atoms with van der Waals surface area (Å²) in [6.45, 7) is 1.72. The molecule has 1 N–H and O–H groups in total. The molecule has 0 aromatic heterocycles. The normalized spacial score (nSPS) is 26.1. The van der Waals surface area contributed by atoms with Gasteiger partial charge in [0.25, 0.3) is 5.91 Å². The lowest BCUT2D eigenvalue weighted by atomic mass is 9.78. The minimum Gasteiger partial charge on any atom is -0.484 e. The van der Waals surface area contributed by atoms with Gasteiger partial charge in [-0.25, -0.2) is 4.39 Å². The fourth-order valence-electron chi connectivity index (χ4n) is 5.82. The average molecular weight is 477 g/mol. The Labute approximate surface area is 203 Å². The molecular weight excluding hydrogens is 435 g/mol. The topological polar surface area (TPSA) is 41.6 Å². The molecule has 3 fully saturated rings. The van der Waals surface area contributed by atoms with Gasteiger partial charge in [-0.05, 0) is 68.5 Å². The molecule has 1 spiro atoms. The number of halogens is 1. The third-order valence-electron chi connectivity index (χ3n) is 7.84. The zero-order valence-electron chi connectivity index (χ0n) is 20.0. The first-order chi connectivity index (χ1) is 16.1. The summed E-state index contributed by atoms with van der Waals surface area (Å²) in [7, 11) is 0. The van der Waals surface area contributed by atoms with Crippen molar-refractivity contribution < 1.29 is 13.9 Å². The second-order valence-electron chi connectivity index (χ2n) is 10.3. The number of carbonyl (C=O) groups excluding carboxylic acids is 1. The first-order valence-electron chi connectivity index (χ1n) is 13.2. The second-order valence-corrected chi connectivity index (χ2v) is 11.7. The fourth-order valence-corrected chi connectivity index (χ4v) is 7.08. The quantitative estimate of drug-likeness (QED) is 0.551. The molecule has 2 heterocycles. The second kappa shape index (κ2) is 12.4. The number of piperidine rings is 1. The van der Waals surface area contributed by atoms with Crippen LogP contribution in [0, 0.1) is 5.82 Å². The van der Waals surface area contributed by atoms with Crippen molar-refractivity contribution in [3.05, 3.63) is 30.1 Å². The summed E-state index contributed by atoms with van der Waals surface area (Å²) in [5, 5.41) is 4.49. The summed E-state index contributed by atoms with van der Waals surface area (Å²) in [4.78, 5) is 15.4. The van der Waals surface area contributed by atoms with Crippen LogP contribution >= 0.6 is 11.8 Å². The van der Waals surface area contributed by atoms with E-state index in [1.807, 2.05) is 11.8 Å². The highest BCUT2D eigenvalue weighted by atomic mass is 32.2. The molecule has 2 unspecified atom stereocenters. The Morgan fingerprint density at radius 1 is 1.00 bits per heavy atom. The molecule has 6 heteroatoms. The van der Waals surface area contributed by atoms with Gasteiger partial charge in [-0.15, -0.1) is 0 Å². The predicted octanol–water partition coefficient (Wildman–Crippen LogP) is 5.94. The number of rotatable bonds is 6. The fraction of sp³-hybridized carbons (Fsp3) is 0.741. The van der Waals surface area contributed by atoms with Crippen LogP contribution in [0.5, 0.6) is 5.75 Å². The van der Waals surface area contributed by atoms with E-state index in [-0.39, 0.29) is 29.9 Å². The van der Waals surface area contributed by atoms with Crippen molar-refractivity contribution in [3.63, 3.8) is 0 Å². The third kappa shape index (κ3) is 7.35.